The fourth-order valence-electron chi connectivity index (χ4n) is 3.74. The van der Waals surface area contributed by atoms with Crippen LogP contribution >= 0.6 is 0 Å². The van der Waals surface area contributed by atoms with Crippen LogP contribution in [-0.2, 0) is 25.5 Å². The lowest BCUT2D eigenvalue weighted by molar-refractivity contribution is -0.146. The van der Waals surface area contributed by atoms with E-state index in [1.165, 1.54) is 4.90 Å². The average Bonchev–Trinajstić information content (AvgIpc) is 2.99. The molecule has 1 aromatic carbocycles. The van der Waals surface area contributed by atoms with Gasteiger partial charge < -0.3 is 9.84 Å². The maximum atomic E-state index is 13.0. The highest BCUT2D eigenvalue weighted by molar-refractivity contribution is 6.16. The topological polar surface area (TPSA) is 96.8 Å². The van der Waals surface area contributed by atoms with Gasteiger partial charge >= 0.3 is 5.97 Å². The van der Waals surface area contributed by atoms with E-state index in [4.69, 9.17) is 4.74 Å². The highest BCUT2D eigenvalue weighted by Crippen LogP contribution is 2.41. The summed E-state index contributed by atoms with van der Waals surface area (Å²) >= 11 is 0. The van der Waals surface area contributed by atoms with Gasteiger partial charge in [0.05, 0.1) is 24.1 Å². The molecule has 7 heteroatoms. The van der Waals surface area contributed by atoms with Crippen molar-refractivity contribution in [1.29, 1.82) is 0 Å². The minimum Gasteiger partial charge on any atom is -0.503 e. The van der Waals surface area contributed by atoms with Gasteiger partial charge in [-0.15, -0.1) is 0 Å². The SMILES string of the molecule is CC(C)CC(=O)C1=C(O)C(=O)N(c2ccc(CC(=O)OC(C)C)cc2)C1c1cccnc1. The molecule has 2 heterocycles. The Morgan fingerprint density at radius 3 is 2.38 bits per heavy atom. The van der Waals surface area contributed by atoms with Crippen LogP contribution in [-0.4, -0.2) is 33.9 Å². The van der Waals surface area contributed by atoms with E-state index in [0.717, 1.165) is 5.56 Å². The van der Waals surface area contributed by atoms with Gasteiger partial charge in [0.15, 0.2) is 11.5 Å². The number of hydrogen-bond donors (Lipinski definition) is 1. The maximum absolute atomic E-state index is 13.0. The molecule has 0 saturated carbocycles. The predicted molar refractivity (Wildman–Crippen MR) is 120 cm³/mol. The van der Waals surface area contributed by atoms with Crippen LogP contribution in [0.25, 0.3) is 0 Å². The zero-order valence-electron chi connectivity index (χ0n) is 18.7. The molecule has 1 unspecified atom stereocenters. The van der Waals surface area contributed by atoms with E-state index in [0.29, 0.717) is 11.3 Å². The Labute approximate surface area is 187 Å². The van der Waals surface area contributed by atoms with Gasteiger partial charge in [0.1, 0.15) is 0 Å². The number of benzene rings is 1. The van der Waals surface area contributed by atoms with Gasteiger partial charge in [-0.05, 0) is 49.1 Å². The van der Waals surface area contributed by atoms with Gasteiger partial charge in [-0.2, -0.15) is 0 Å². The Kier molecular flexibility index (Phi) is 7.08. The molecule has 1 aromatic heterocycles. The highest BCUT2D eigenvalue weighted by Gasteiger charge is 2.44. The van der Waals surface area contributed by atoms with Crippen LogP contribution in [0.3, 0.4) is 0 Å². The van der Waals surface area contributed by atoms with Gasteiger partial charge in [-0.1, -0.05) is 32.0 Å². The Bertz CT molecular complexity index is 1030. The predicted octanol–water partition coefficient (Wildman–Crippen LogP) is 4.09. The maximum Gasteiger partial charge on any atom is 0.310 e. The lowest BCUT2D eigenvalue weighted by Gasteiger charge is -2.27. The minimum atomic E-state index is -0.779. The molecule has 7 nitrogen and oxygen atoms in total. The molecule has 0 spiro atoms. The quantitative estimate of drug-likeness (QED) is 0.626. The molecule has 2 aromatic rings. The summed E-state index contributed by atoms with van der Waals surface area (Å²) in [7, 11) is 0. The summed E-state index contributed by atoms with van der Waals surface area (Å²) in [5, 5.41) is 10.6. The Morgan fingerprint density at radius 2 is 1.81 bits per heavy atom. The molecule has 0 radical (unpaired) electrons. The number of aliphatic hydroxyl groups excluding tert-OH is 1. The summed E-state index contributed by atoms with van der Waals surface area (Å²) in [5.41, 5.74) is 1.95. The molecular formula is C25H28N2O5. The minimum absolute atomic E-state index is 0.0754. The number of pyridine rings is 1. The van der Waals surface area contributed by atoms with Crippen molar-refractivity contribution in [2.45, 2.75) is 52.7 Å². The van der Waals surface area contributed by atoms with Crippen molar-refractivity contribution >= 4 is 23.3 Å². The monoisotopic (exact) mass is 436 g/mol. The van der Waals surface area contributed by atoms with E-state index < -0.39 is 17.7 Å². The highest BCUT2D eigenvalue weighted by atomic mass is 16.5. The lowest BCUT2D eigenvalue weighted by Crippen LogP contribution is -2.31. The summed E-state index contributed by atoms with van der Waals surface area (Å²) in [6.45, 7) is 7.39. The number of aromatic nitrogens is 1. The van der Waals surface area contributed by atoms with Gasteiger partial charge in [0.25, 0.3) is 5.91 Å². The zero-order chi connectivity index (χ0) is 23.4. The van der Waals surface area contributed by atoms with Gasteiger partial charge in [0, 0.05) is 24.5 Å². The molecule has 32 heavy (non-hydrogen) atoms. The first-order valence-corrected chi connectivity index (χ1v) is 10.7. The number of Topliss-reactive ketones (excluding diaryl/α,β-unsaturated/α-hetero) is 1. The number of carbonyl (C=O) groups excluding carboxylic acids is 3. The van der Waals surface area contributed by atoms with Crippen molar-refractivity contribution in [3.05, 3.63) is 71.3 Å². The smallest absolute Gasteiger partial charge is 0.310 e. The molecule has 1 atom stereocenters. The van der Waals surface area contributed by atoms with Crippen LogP contribution < -0.4 is 4.90 Å². The third kappa shape index (κ3) is 5.04. The molecule has 1 N–H and O–H groups in total. The number of hydrogen-bond acceptors (Lipinski definition) is 6. The molecule has 0 aliphatic carbocycles. The van der Waals surface area contributed by atoms with Gasteiger partial charge in [-0.25, -0.2) is 0 Å². The van der Waals surface area contributed by atoms with Crippen molar-refractivity contribution in [3.63, 3.8) is 0 Å². The summed E-state index contributed by atoms with van der Waals surface area (Å²) in [4.78, 5) is 43.5. The molecule has 1 aliphatic heterocycles. The largest absolute Gasteiger partial charge is 0.503 e. The van der Waals surface area contributed by atoms with Crippen molar-refractivity contribution in [1.82, 2.24) is 4.98 Å². The number of esters is 1. The molecule has 0 fully saturated rings. The van der Waals surface area contributed by atoms with Crippen molar-refractivity contribution in [2.24, 2.45) is 5.92 Å². The second kappa shape index (κ2) is 9.77. The van der Waals surface area contributed by atoms with Crippen LogP contribution in [0, 0.1) is 5.92 Å². The third-order valence-corrected chi connectivity index (χ3v) is 5.03. The first kappa shape index (κ1) is 23.2. The number of nitrogens with zero attached hydrogens (tertiary/aromatic N) is 2. The Hall–Kier alpha value is -3.48. The molecule has 1 amide bonds. The number of rotatable bonds is 8. The zero-order valence-corrected chi connectivity index (χ0v) is 18.7. The van der Waals surface area contributed by atoms with Crippen LogP contribution in [0.2, 0.25) is 0 Å². The van der Waals surface area contributed by atoms with Crippen molar-refractivity contribution in [2.75, 3.05) is 4.90 Å². The number of carbonyl (C=O) groups is 3. The summed E-state index contributed by atoms with van der Waals surface area (Å²) in [6, 6.07) is 9.58. The first-order chi connectivity index (χ1) is 15.2. The number of ether oxygens (including phenoxy) is 1. The number of ketones is 1. The van der Waals surface area contributed by atoms with Crippen LogP contribution in [0.4, 0.5) is 5.69 Å². The third-order valence-electron chi connectivity index (χ3n) is 5.03. The number of anilines is 1. The van der Waals surface area contributed by atoms with Crippen molar-refractivity contribution < 1.29 is 24.2 Å². The van der Waals surface area contributed by atoms with Gasteiger partial charge in [0.2, 0.25) is 0 Å². The number of aliphatic hydroxyl groups is 1. The van der Waals surface area contributed by atoms with E-state index in [1.54, 1.807) is 62.6 Å². The molecule has 0 bridgehead atoms. The average molecular weight is 437 g/mol. The van der Waals surface area contributed by atoms with Gasteiger partial charge in [-0.3, -0.25) is 24.3 Å². The Balaban J connectivity index is 1.95. The fraction of sp³-hybridized carbons (Fsp3) is 0.360. The van der Waals surface area contributed by atoms with E-state index in [2.05, 4.69) is 4.98 Å². The summed E-state index contributed by atoms with van der Waals surface area (Å²) in [5.74, 6) is -1.70. The first-order valence-electron chi connectivity index (χ1n) is 10.7. The van der Waals surface area contributed by atoms with Crippen LogP contribution in [0.15, 0.2) is 60.1 Å². The van der Waals surface area contributed by atoms with E-state index in [1.807, 2.05) is 13.8 Å². The summed E-state index contributed by atoms with van der Waals surface area (Å²) < 4.78 is 5.17. The van der Waals surface area contributed by atoms with E-state index in [9.17, 15) is 19.5 Å². The molecular weight excluding hydrogens is 408 g/mol. The van der Waals surface area contributed by atoms with E-state index in [-0.39, 0.29) is 42.2 Å². The lowest BCUT2D eigenvalue weighted by atomic mass is 9.92. The van der Waals surface area contributed by atoms with Crippen LogP contribution in [0.1, 0.15) is 51.3 Å². The molecule has 0 saturated heterocycles. The fourth-order valence-corrected chi connectivity index (χ4v) is 3.74. The standard InChI is InChI=1S/C25H28N2O5/c1-15(2)12-20(28)22-23(18-6-5-11-26-14-18)27(25(31)24(22)30)19-9-7-17(8-10-19)13-21(29)32-16(3)4/h5-11,14-16,23,30H,12-13H2,1-4H3. The molecule has 3 rings (SSSR count). The van der Waals surface area contributed by atoms with Crippen LogP contribution in [0.5, 0.6) is 0 Å². The second-order valence-electron chi connectivity index (χ2n) is 8.53. The molecule has 1 aliphatic rings. The van der Waals surface area contributed by atoms with E-state index >= 15 is 0 Å². The van der Waals surface area contributed by atoms with Crippen molar-refractivity contribution in [3.8, 4) is 0 Å². The molecule has 168 valence electrons. The number of amides is 1. The Morgan fingerprint density at radius 1 is 1.12 bits per heavy atom. The second-order valence-corrected chi connectivity index (χ2v) is 8.53. The summed E-state index contributed by atoms with van der Waals surface area (Å²) in [6.07, 6.45) is 3.33. The normalized spacial score (nSPS) is 16.2.